The van der Waals surface area contributed by atoms with Gasteiger partial charge in [0, 0.05) is 0 Å². The Balaban J connectivity index is 1.37. The zero-order valence-corrected chi connectivity index (χ0v) is 19.8. The summed E-state index contributed by atoms with van der Waals surface area (Å²) in [6.45, 7) is 2.26. The molecule has 172 valence electrons. The van der Waals surface area contributed by atoms with Crippen LogP contribution < -0.4 is 0 Å². The lowest BCUT2D eigenvalue weighted by Gasteiger charge is -2.28. The van der Waals surface area contributed by atoms with E-state index in [9.17, 15) is 4.39 Å². The molecular weight excluding hydrogens is 393 g/mol. The number of allylic oxidation sites excluding steroid dienone is 6. The first-order valence-electron chi connectivity index (χ1n) is 12.9. The van der Waals surface area contributed by atoms with Crippen LogP contribution in [0.25, 0.3) is 0 Å². The maximum atomic E-state index is 12.9. The molecule has 0 atom stereocenters. The van der Waals surface area contributed by atoms with Gasteiger partial charge in [-0.2, -0.15) is 9.65 Å². The van der Waals surface area contributed by atoms with E-state index in [1.54, 1.807) is 11.6 Å². The Labute approximate surface area is 195 Å². The highest BCUT2D eigenvalue weighted by Gasteiger charge is 2.22. The van der Waals surface area contributed by atoms with Crippen molar-refractivity contribution in [3.05, 3.63) is 71.6 Å². The Kier molecular flexibility index (Phi) is 10.3. The Hall–Kier alpha value is -2.14. The quantitative estimate of drug-likeness (QED) is 0.165. The number of hydrogen-bond donors (Lipinski definition) is 0. The third kappa shape index (κ3) is 8.09. The van der Waals surface area contributed by atoms with Crippen molar-refractivity contribution in [2.75, 3.05) is 0 Å². The van der Waals surface area contributed by atoms with E-state index >= 15 is 0 Å². The zero-order valence-electron chi connectivity index (χ0n) is 19.8. The summed E-state index contributed by atoms with van der Waals surface area (Å²) in [4.78, 5) is 0. The van der Waals surface area contributed by atoms with Gasteiger partial charge in [-0.25, -0.2) is 0 Å². The number of aryl methyl sites for hydroxylation is 1. The van der Waals surface area contributed by atoms with Gasteiger partial charge in [-0.1, -0.05) is 68.3 Å². The molecule has 2 aliphatic carbocycles. The maximum absolute atomic E-state index is 12.9. The summed E-state index contributed by atoms with van der Waals surface area (Å²) >= 11 is 0. The van der Waals surface area contributed by atoms with Crippen molar-refractivity contribution in [1.82, 2.24) is 0 Å². The van der Waals surface area contributed by atoms with Crippen molar-refractivity contribution in [2.45, 2.75) is 89.9 Å². The average molecular weight is 434 g/mol. The van der Waals surface area contributed by atoms with E-state index in [1.165, 1.54) is 81.9 Å². The van der Waals surface area contributed by atoms with E-state index < -0.39 is 5.83 Å². The number of halogens is 1. The van der Waals surface area contributed by atoms with Crippen molar-refractivity contribution in [3.63, 3.8) is 0 Å². The van der Waals surface area contributed by atoms with Crippen LogP contribution in [0.1, 0.15) is 94.6 Å². The molecule has 3 rings (SSSR count). The molecule has 32 heavy (non-hydrogen) atoms. The monoisotopic (exact) mass is 433 g/mol. The van der Waals surface area contributed by atoms with Crippen LogP contribution in [0.3, 0.4) is 0 Å². The van der Waals surface area contributed by atoms with Crippen LogP contribution in [-0.2, 0) is 6.42 Å². The first-order valence-corrected chi connectivity index (χ1v) is 12.9. The summed E-state index contributed by atoms with van der Waals surface area (Å²) in [5.74, 6) is 2.00. The molecule has 0 radical (unpaired) electrons. The van der Waals surface area contributed by atoms with E-state index in [0.717, 1.165) is 24.7 Å². The van der Waals surface area contributed by atoms with Crippen LogP contribution in [0.2, 0.25) is 0 Å². The molecule has 1 nitrogen and oxygen atoms in total. The first-order chi connectivity index (χ1) is 15.7. The highest BCUT2D eigenvalue weighted by atomic mass is 19.1. The predicted octanol–water partition coefficient (Wildman–Crippen LogP) is 8.99. The number of rotatable bonds is 9. The van der Waals surface area contributed by atoms with Crippen molar-refractivity contribution in [1.29, 1.82) is 5.26 Å². The highest BCUT2D eigenvalue weighted by Crippen LogP contribution is 2.37. The summed E-state index contributed by atoms with van der Waals surface area (Å²) < 4.78 is 12.9. The van der Waals surface area contributed by atoms with E-state index in [-0.39, 0.29) is 0 Å². The smallest absolute Gasteiger partial charge is 0.195 e. The Morgan fingerprint density at radius 2 is 1.44 bits per heavy atom. The minimum Gasteiger partial charge on any atom is -0.195 e. The van der Waals surface area contributed by atoms with Gasteiger partial charge in [0.25, 0.3) is 0 Å². The average Bonchev–Trinajstić information content (AvgIpc) is 2.84. The fourth-order valence-electron chi connectivity index (χ4n) is 5.36. The molecule has 0 saturated heterocycles. The minimum absolute atomic E-state index is 0.524. The molecule has 0 spiro atoms. The second-order valence-electron chi connectivity index (χ2n) is 9.88. The number of benzene rings is 1. The number of hydrogen-bond acceptors (Lipinski definition) is 1. The molecule has 2 aliphatic rings. The first kappa shape index (κ1) is 24.5. The second kappa shape index (κ2) is 13.4. The molecule has 0 unspecified atom stereocenters. The molecule has 0 N–H and O–H groups in total. The summed E-state index contributed by atoms with van der Waals surface area (Å²) in [5.41, 5.74) is 3.04. The van der Waals surface area contributed by atoms with Gasteiger partial charge in [0.15, 0.2) is 5.83 Å². The highest BCUT2D eigenvalue weighted by molar-refractivity contribution is 5.26. The topological polar surface area (TPSA) is 23.8 Å². The number of unbranched alkanes of at least 4 members (excludes halogenated alkanes) is 2. The second-order valence-corrected chi connectivity index (χ2v) is 9.88. The zero-order chi connectivity index (χ0) is 22.6. The Bertz CT molecular complexity index is 794. The van der Waals surface area contributed by atoms with Crippen molar-refractivity contribution >= 4 is 0 Å². The Morgan fingerprint density at radius 1 is 0.875 bits per heavy atom. The summed E-state index contributed by atoms with van der Waals surface area (Å²) in [6.07, 6.45) is 25.2. The molecule has 0 aromatic heterocycles. The fourth-order valence-corrected chi connectivity index (χ4v) is 5.36. The lowest BCUT2D eigenvalue weighted by molar-refractivity contribution is 0.348. The third-order valence-electron chi connectivity index (χ3n) is 7.50. The van der Waals surface area contributed by atoms with Crippen molar-refractivity contribution in [3.8, 4) is 6.07 Å². The van der Waals surface area contributed by atoms with Gasteiger partial charge in [0.2, 0.25) is 0 Å². The van der Waals surface area contributed by atoms with E-state index in [1.807, 2.05) is 0 Å². The van der Waals surface area contributed by atoms with Crippen molar-refractivity contribution in [2.24, 2.45) is 17.8 Å². The van der Waals surface area contributed by atoms with E-state index in [0.29, 0.717) is 11.8 Å². The summed E-state index contributed by atoms with van der Waals surface area (Å²) in [5, 5.41) is 8.45. The van der Waals surface area contributed by atoms with Gasteiger partial charge < -0.3 is 0 Å². The fraction of sp³-hybridized carbons (Fsp3) is 0.567. The SMILES string of the molecule is CCCCCc1ccc([C@H]2CC[C@H](C=C[C@H]3CC[C@H](C=CC=C(F)C#N)CC3)CC2)cc1. The lowest BCUT2D eigenvalue weighted by atomic mass is 9.77. The molecule has 2 heteroatoms. The van der Waals surface area contributed by atoms with Gasteiger partial charge in [0.1, 0.15) is 6.07 Å². The minimum atomic E-state index is -0.716. The van der Waals surface area contributed by atoms with E-state index in [2.05, 4.69) is 49.4 Å². The van der Waals surface area contributed by atoms with Crippen LogP contribution in [0.15, 0.2) is 60.5 Å². The molecular formula is C30H40FN. The maximum Gasteiger partial charge on any atom is 0.199 e. The summed E-state index contributed by atoms with van der Waals surface area (Å²) in [7, 11) is 0. The normalized spacial score (nSPS) is 27.1. The largest absolute Gasteiger partial charge is 0.199 e. The van der Waals surface area contributed by atoms with Crippen LogP contribution in [0, 0.1) is 29.1 Å². The van der Waals surface area contributed by atoms with Gasteiger partial charge in [-0.05, 0) is 105 Å². The molecule has 0 amide bonds. The molecule has 1 aromatic rings. The van der Waals surface area contributed by atoms with Crippen LogP contribution in [-0.4, -0.2) is 0 Å². The third-order valence-corrected chi connectivity index (χ3v) is 7.50. The van der Waals surface area contributed by atoms with Gasteiger partial charge in [-0.3, -0.25) is 0 Å². The lowest BCUT2D eigenvalue weighted by Crippen LogP contribution is -2.14. The van der Waals surface area contributed by atoms with Gasteiger partial charge in [-0.15, -0.1) is 0 Å². The number of nitriles is 1. The van der Waals surface area contributed by atoms with Crippen molar-refractivity contribution < 1.29 is 4.39 Å². The molecule has 0 aliphatic heterocycles. The van der Waals surface area contributed by atoms with Crippen LogP contribution in [0.4, 0.5) is 4.39 Å². The van der Waals surface area contributed by atoms with Crippen LogP contribution >= 0.6 is 0 Å². The predicted molar refractivity (Wildman–Crippen MR) is 133 cm³/mol. The van der Waals surface area contributed by atoms with Crippen LogP contribution in [0.5, 0.6) is 0 Å². The number of nitrogens with zero attached hydrogens (tertiary/aromatic N) is 1. The van der Waals surface area contributed by atoms with Gasteiger partial charge in [0.05, 0.1) is 0 Å². The Morgan fingerprint density at radius 3 is 2.00 bits per heavy atom. The molecule has 0 bridgehead atoms. The van der Waals surface area contributed by atoms with Gasteiger partial charge >= 0.3 is 0 Å². The molecule has 2 fully saturated rings. The summed E-state index contributed by atoms with van der Waals surface area (Å²) in [6, 6.07) is 11.0. The standard InChI is InChI=1S/C30H40FN/c1-2-3-4-6-24-15-19-28(20-16-24)29-21-17-27(18-22-29)14-13-26-11-9-25(10-12-26)7-5-8-30(31)23-32/h5,7-8,13-16,19-20,25-27,29H,2-4,6,9-12,17-18,21-22H2,1H3/t25-,26-,27-,29-. The van der Waals surface area contributed by atoms with E-state index in [4.69, 9.17) is 5.26 Å². The molecule has 2 saturated carbocycles. The molecule has 1 aromatic carbocycles. The molecule has 0 heterocycles.